The summed E-state index contributed by atoms with van der Waals surface area (Å²) in [6, 6.07) is 1.37. The molecule has 0 radical (unpaired) electrons. The van der Waals surface area contributed by atoms with E-state index in [0.717, 1.165) is 12.1 Å². The van der Waals surface area contributed by atoms with Gasteiger partial charge in [0.05, 0.1) is 5.56 Å². The van der Waals surface area contributed by atoms with Gasteiger partial charge in [-0.3, -0.25) is 4.79 Å². The molecule has 1 aromatic rings. The summed E-state index contributed by atoms with van der Waals surface area (Å²) < 4.78 is 25.8. The topological polar surface area (TPSA) is 66.4 Å². The van der Waals surface area contributed by atoms with Crippen LogP contribution in [0.1, 0.15) is 23.7 Å². The average Bonchev–Trinajstić information content (AvgIpc) is 2.24. The second kappa shape index (κ2) is 5.38. The van der Waals surface area contributed by atoms with E-state index in [9.17, 15) is 18.4 Å². The van der Waals surface area contributed by atoms with Crippen LogP contribution in [0.25, 0.3) is 0 Å². The van der Waals surface area contributed by atoms with Crippen molar-refractivity contribution in [2.75, 3.05) is 0 Å². The fourth-order valence-electron chi connectivity index (χ4n) is 1.25. The molecule has 0 spiro atoms. The van der Waals surface area contributed by atoms with Crippen molar-refractivity contribution >= 4 is 11.9 Å². The van der Waals surface area contributed by atoms with E-state index in [1.165, 1.54) is 0 Å². The molecule has 0 saturated heterocycles. The number of carboxylic acid groups (broad SMARTS) is 1. The molecule has 17 heavy (non-hydrogen) atoms. The Bertz CT molecular complexity index is 448. The number of rotatable bonds is 4. The summed E-state index contributed by atoms with van der Waals surface area (Å²) in [4.78, 5) is 22.2. The second-order valence-electron chi connectivity index (χ2n) is 3.40. The first-order chi connectivity index (χ1) is 7.95. The van der Waals surface area contributed by atoms with Crippen LogP contribution < -0.4 is 5.32 Å². The molecule has 1 rings (SSSR count). The first-order valence-corrected chi connectivity index (χ1v) is 4.94. The lowest BCUT2D eigenvalue weighted by molar-refractivity contribution is -0.139. The number of benzene rings is 1. The lowest BCUT2D eigenvalue weighted by Crippen LogP contribution is -2.40. The van der Waals surface area contributed by atoms with E-state index in [2.05, 4.69) is 5.32 Å². The molecule has 0 fully saturated rings. The first kappa shape index (κ1) is 13.1. The van der Waals surface area contributed by atoms with Gasteiger partial charge in [-0.05, 0) is 18.6 Å². The van der Waals surface area contributed by atoms with Crippen molar-refractivity contribution < 1.29 is 23.5 Å². The molecule has 1 unspecified atom stereocenters. The highest BCUT2D eigenvalue weighted by Crippen LogP contribution is 2.09. The Morgan fingerprint density at radius 2 is 2.06 bits per heavy atom. The summed E-state index contributed by atoms with van der Waals surface area (Å²) in [5.41, 5.74) is -0.383. The Morgan fingerprint density at radius 1 is 1.41 bits per heavy atom. The highest BCUT2D eigenvalue weighted by Gasteiger charge is 2.20. The van der Waals surface area contributed by atoms with Crippen molar-refractivity contribution in [3.8, 4) is 0 Å². The van der Waals surface area contributed by atoms with Gasteiger partial charge in [-0.2, -0.15) is 0 Å². The Balaban J connectivity index is 2.86. The molecule has 4 nitrogen and oxygen atoms in total. The molecule has 0 aromatic heterocycles. The number of amides is 1. The van der Waals surface area contributed by atoms with Crippen molar-refractivity contribution in [1.82, 2.24) is 5.32 Å². The Hall–Kier alpha value is -1.98. The van der Waals surface area contributed by atoms with E-state index in [0.29, 0.717) is 6.07 Å². The summed E-state index contributed by atoms with van der Waals surface area (Å²) in [5, 5.41) is 10.9. The maximum Gasteiger partial charge on any atom is 0.326 e. The highest BCUT2D eigenvalue weighted by atomic mass is 19.1. The summed E-state index contributed by atoms with van der Waals surface area (Å²) in [7, 11) is 0. The molecule has 2 N–H and O–H groups in total. The summed E-state index contributed by atoms with van der Waals surface area (Å²) >= 11 is 0. The molecular weight excluding hydrogens is 232 g/mol. The molecule has 0 aliphatic rings. The molecule has 0 aliphatic heterocycles. The highest BCUT2D eigenvalue weighted by molar-refractivity contribution is 5.96. The number of aliphatic carboxylic acids is 1. The number of nitrogens with one attached hydrogen (secondary N) is 1. The lowest BCUT2D eigenvalue weighted by Gasteiger charge is -2.12. The largest absolute Gasteiger partial charge is 0.480 e. The van der Waals surface area contributed by atoms with Crippen LogP contribution in [-0.2, 0) is 4.79 Å². The van der Waals surface area contributed by atoms with Crippen LogP contribution in [0.4, 0.5) is 8.78 Å². The van der Waals surface area contributed by atoms with Gasteiger partial charge in [0.25, 0.3) is 5.91 Å². The van der Waals surface area contributed by atoms with Crippen LogP contribution in [0.15, 0.2) is 18.2 Å². The maximum absolute atomic E-state index is 13.2. The number of carbonyl (C=O) groups is 2. The molecule has 92 valence electrons. The standard InChI is InChI=1S/C11H11F2NO3/c1-2-9(11(16)17)14-10(15)7-4-3-6(12)5-8(7)13/h3-5,9H,2H2,1H3,(H,14,15)(H,16,17). The van der Waals surface area contributed by atoms with Crippen molar-refractivity contribution in [2.45, 2.75) is 19.4 Å². The van der Waals surface area contributed by atoms with Gasteiger partial charge in [-0.25, -0.2) is 13.6 Å². The van der Waals surface area contributed by atoms with Gasteiger partial charge in [0.2, 0.25) is 0 Å². The number of carboxylic acids is 1. The summed E-state index contributed by atoms with van der Waals surface area (Å²) in [6.07, 6.45) is 0.171. The maximum atomic E-state index is 13.2. The summed E-state index contributed by atoms with van der Waals surface area (Å²) in [6.45, 7) is 1.57. The molecule has 1 atom stereocenters. The molecule has 1 aromatic carbocycles. The minimum absolute atomic E-state index is 0.171. The van der Waals surface area contributed by atoms with Gasteiger partial charge in [-0.1, -0.05) is 6.92 Å². The van der Waals surface area contributed by atoms with E-state index in [1.54, 1.807) is 6.92 Å². The Morgan fingerprint density at radius 3 is 2.53 bits per heavy atom. The van der Waals surface area contributed by atoms with E-state index >= 15 is 0 Å². The van der Waals surface area contributed by atoms with Crippen LogP contribution in [0.3, 0.4) is 0 Å². The SMILES string of the molecule is CCC(NC(=O)c1ccc(F)cc1F)C(=O)O. The number of hydrogen-bond acceptors (Lipinski definition) is 2. The molecule has 1 amide bonds. The van der Waals surface area contributed by atoms with E-state index in [-0.39, 0.29) is 12.0 Å². The third kappa shape index (κ3) is 3.24. The zero-order valence-corrected chi connectivity index (χ0v) is 9.04. The van der Waals surface area contributed by atoms with Crippen LogP contribution >= 0.6 is 0 Å². The molecule has 0 heterocycles. The van der Waals surface area contributed by atoms with Crippen LogP contribution in [0.2, 0.25) is 0 Å². The third-order valence-corrected chi connectivity index (χ3v) is 2.19. The number of hydrogen-bond donors (Lipinski definition) is 2. The van der Waals surface area contributed by atoms with Gasteiger partial charge < -0.3 is 10.4 Å². The second-order valence-corrected chi connectivity index (χ2v) is 3.40. The van der Waals surface area contributed by atoms with Gasteiger partial charge in [0.1, 0.15) is 17.7 Å². The zero-order valence-electron chi connectivity index (χ0n) is 9.04. The fourth-order valence-corrected chi connectivity index (χ4v) is 1.25. The van der Waals surface area contributed by atoms with E-state index in [4.69, 9.17) is 5.11 Å². The van der Waals surface area contributed by atoms with Crippen molar-refractivity contribution in [1.29, 1.82) is 0 Å². The average molecular weight is 243 g/mol. The zero-order chi connectivity index (χ0) is 13.0. The van der Waals surface area contributed by atoms with E-state index < -0.39 is 29.6 Å². The summed E-state index contributed by atoms with van der Waals surface area (Å²) in [5.74, 6) is -3.91. The monoisotopic (exact) mass is 243 g/mol. The predicted octanol–water partition coefficient (Wildman–Crippen LogP) is 1.56. The van der Waals surface area contributed by atoms with Crippen molar-refractivity contribution in [3.63, 3.8) is 0 Å². The predicted molar refractivity (Wildman–Crippen MR) is 55.5 cm³/mol. The van der Waals surface area contributed by atoms with Gasteiger partial charge in [0.15, 0.2) is 0 Å². The van der Waals surface area contributed by atoms with Crippen molar-refractivity contribution in [2.24, 2.45) is 0 Å². The minimum Gasteiger partial charge on any atom is -0.480 e. The van der Waals surface area contributed by atoms with Gasteiger partial charge in [0, 0.05) is 6.07 Å². The first-order valence-electron chi connectivity index (χ1n) is 4.94. The minimum atomic E-state index is -1.21. The smallest absolute Gasteiger partial charge is 0.326 e. The number of carbonyl (C=O) groups excluding carboxylic acids is 1. The quantitative estimate of drug-likeness (QED) is 0.843. The van der Waals surface area contributed by atoms with Gasteiger partial charge >= 0.3 is 5.97 Å². The third-order valence-electron chi connectivity index (χ3n) is 2.19. The fraction of sp³-hybridized carbons (Fsp3) is 0.273. The van der Waals surface area contributed by atoms with Crippen molar-refractivity contribution in [3.05, 3.63) is 35.4 Å². The van der Waals surface area contributed by atoms with Crippen LogP contribution in [0.5, 0.6) is 0 Å². The molecule has 0 saturated carbocycles. The normalized spacial score (nSPS) is 11.9. The molecule has 0 bridgehead atoms. The lowest BCUT2D eigenvalue weighted by atomic mass is 10.1. The Kier molecular flexibility index (Phi) is 4.14. The molecule has 6 heteroatoms. The van der Waals surface area contributed by atoms with Gasteiger partial charge in [-0.15, -0.1) is 0 Å². The van der Waals surface area contributed by atoms with E-state index in [1.807, 2.05) is 0 Å². The number of halogens is 2. The van der Waals surface area contributed by atoms with Crippen LogP contribution in [0, 0.1) is 11.6 Å². The van der Waals surface area contributed by atoms with Crippen LogP contribution in [-0.4, -0.2) is 23.0 Å². The molecule has 0 aliphatic carbocycles. The Labute approximate surface area is 96.3 Å². The molecular formula is C11H11F2NO3.